The second-order valence-electron chi connectivity index (χ2n) is 7.51. The van der Waals surface area contributed by atoms with Crippen LogP contribution in [0, 0.1) is 0 Å². The van der Waals surface area contributed by atoms with Crippen LogP contribution in [0.2, 0.25) is 10.0 Å². The van der Waals surface area contributed by atoms with Crippen molar-refractivity contribution in [1.82, 2.24) is 25.3 Å². The number of rotatable bonds is 5. The molecule has 4 rings (SSSR count). The van der Waals surface area contributed by atoms with E-state index in [4.69, 9.17) is 23.2 Å². The van der Waals surface area contributed by atoms with Crippen molar-refractivity contribution in [3.63, 3.8) is 0 Å². The van der Waals surface area contributed by atoms with E-state index in [1.165, 1.54) is 6.07 Å². The highest BCUT2D eigenvalue weighted by Crippen LogP contribution is 2.23. The third kappa shape index (κ3) is 5.35. The van der Waals surface area contributed by atoms with Crippen molar-refractivity contribution in [2.24, 2.45) is 0 Å². The molecule has 1 saturated heterocycles. The highest BCUT2D eigenvalue weighted by atomic mass is 35.5. The van der Waals surface area contributed by atoms with Crippen LogP contribution in [-0.2, 0) is 4.79 Å². The van der Waals surface area contributed by atoms with Crippen LogP contribution in [0.4, 0.5) is 0 Å². The summed E-state index contributed by atoms with van der Waals surface area (Å²) in [7, 11) is 0. The summed E-state index contributed by atoms with van der Waals surface area (Å²) in [5, 5.41) is 10.2. The summed E-state index contributed by atoms with van der Waals surface area (Å²) in [6, 6.07) is 15.9. The minimum absolute atomic E-state index is 0.146. The van der Waals surface area contributed by atoms with Gasteiger partial charge in [-0.25, -0.2) is 0 Å². The minimum atomic E-state index is -0.414. The van der Waals surface area contributed by atoms with Gasteiger partial charge in [0, 0.05) is 36.8 Å². The van der Waals surface area contributed by atoms with Gasteiger partial charge in [-0.1, -0.05) is 53.5 Å². The lowest BCUT2D eigenvalue weighted by atomic mass is 10.1. The molecule has 8 nitrogen and oxygen atoms in total. The van der Waals surface area contributed by atoms with E-state index in [1.54, 1.807) is 28.0 Å². The van der Waals surface area contributed by atoms with Gasteiger partial charge in [0.05, 0.1) is 22.8 Å². The van der Waals surface area contributed by atoms with Crippen molar-refractivity contribution in [3.8, 4) is 11.3 Å². The summed E-state index contributed by atoms with van der Waals surface area (Å²) in [5.74, 6) is -0.863. The summed E-state index contributed by atoms with van der Waals surface area (Å²) >= 11 is 12.1. The zero-order valence-electron chi connectivity index (χ0n) is 17.6. The zero-order chi connectivity index (χ0) is 23.4. The number of hydrogen-bond acceptors (Lipinski definition) is 4. The number of benzene rings is 2. The topological polar surface area (TPSA) is 98.4 Å². The number of aromatic nitrogens is 2. The first-order valence-corrected chi connectivity index (χ1v) is 11.1. The fraction of sp³-hybridized carbons (Fsp3) is 0.217. The number of piperazine rings is 1. The van der Waals surface area contributed by atoms with E-state index in [0.29, 0.717) is 47.5 Å². The Hall–Kier alpha value is -3.36. The molecule has 0 radical (unpaired) electrons. The fourth-order valence-electron chi connectivity index (χ4n) is 3.55. The van der Waals surface area contributed by atoms with Gasteiger partial charge in [-0.3, -0.25) is 19.5 Å². The van der Waals surface area contributed by atoms with Gasteiger partial charge in [0.2, 0.25) is 5.91 Å². The van der Waals surface area contributed by atoms with Crippen LogP contribution in [0.5, 0.6) is 0 Å². The van der Waals surface area contributed by atoms with Crippen LogP contribution >= 0.6 is 23.2 Å². The predicted molar refractivity (Wildman–Crippen MR) is 125 cm³/mol. The highest BCUT2D eigenvalue weighted by molar-refractivity contribution is 6.35. The van der Waals surface area contributed by atoms with E-state index in [1.807, 2.05) is 30.3 Å². The largest absolute Gasteiger partial charge is 0.342 e. The molecule has 170 valence electrons. The molecule has 2 N–H and O–H groups in total. The molecule has 0 saturated carbocycles. The molecule has 0 atom stereocenters. The van der Waals surface area contributed by atoms with E-state index in [-0.39, 0.29) is 24.1 Å². The molecule has 0 unspecified atom stereocenters. The minimum Gasteiger partial charge on any atom is -0.342 e. The van der Waals surface area contributed by atoms with Gasteiger partial charge >= 0.3 is 0 Å². The second kappa shape index (κ2) is 10.1. The fourth-order valence-corrected chi connectivity index (χ4v) is 3.92. The number of H-pyrrole nitrogens is 1. The number of aromatic amines is 1. The molecule has 1 fully saturated rings. The summed E-state index contributed by atoms with van der Waals surface area (Å²) in [5.41, 5.74) is 2.14. The van der Waals surface area contributed by atoms with Crippen LogP contribution in [0.15, 0.2) is 54.6 Å². The number of amides is 3. The zero-order valence-corrected chi connectivity index (χ0v) is 19.1. The monoisotopic (exact) mass is 485 g/mol. The molecular weight excluding hydrogens is 465 g/mol. The van der Waals surface area contributed by atoms with Gasteiger partial charge in [-0.05, 0) is 24.3 Å². The first kappa shape index (κ1) is 22.8. The molecule has 2 aromatic carbocycles. The Balaban J connectivity index is 1.27. The first-order chi connectivity index (χ1) is 15.9. The van der Waals surface area contributed by atoms with Gasteiger partial charge in [0.1, 0.15) is 5.69 Å². The number of halogens is 2. The third-order valence-electron chi connectivity index (χ3n) is 5.37. The summed E-state index contributed by atoms with van der Waals surface area (Å²) in [4.78, 5) is 40.9. The van der Waals surface area contributed by atoms with E-state index in [0.717, 1.165) is 5.56 Å². The lowest BCUT2D eigenvalue weighted by Gasteiger charge is -2.35. The molecule has 0 spiro atoms. The summed E-state index contributed by atoms with van der Waals surface area (Å²) < 4.78 is 0. The predicted octanol–water partition coefficient (Wildman–Crippen LogP) is 3.10. The van der Waals surface area contributed by atoms with Gasteiger partial charge in [0.25, 0.3) is 11.8 Å². The lowest BCUT2D eigenvalue weighted by molar-refractivity contribution is -0.131. The summed E-state index contributed by atoms with van der Waals surface area (Å²) in [6.07, 6.45) is 0. The molecule has 33 heavy (non-hydrogen) atoms. The van der Waals surface area contributed by atoms with E-state index >= 15 is 0 Å². The Labute approximate surface area is 200 Å². The Kier molecular flexibility index (Phi) is 6.96. The molecule has 0 aliphatic carbocycles. The molecule has 10 heteroatoms. The molecule has 1 aliphatic heterocycles. The van der Waals surface area contributed by atoms with E-state index in [9.17, 15) is 14.4 Å². The number of nitrogens with zero attached hydrogens (tertiary/aromatic N) is 3. The lowest BCUT2D eigenvalue weighted by Crippen LogP contribution is -2.52. The normalized spacial score (nSPS) is 13.6. The molecule has 0 bridgehead atoms. The molecule has 1 aromatic heterocycles. The van der Waals surface area contributed by atoms with Crippen LogP contribution in [-0.4, -0.2) is 70.4 Å². The number of nitrogens with one attached hydrogen (secondary N) is 2. The molecule has 1 aliphatic rings. The van der Waals surface area contributed by atoms with Crippen LogP contribution in [0.3, 0.4) is 0 Å². The van der Waals surface area contributed by atoms with Crippen LogP contribution in [0.1, 0.15) is 20.8 Å². The Morgan fingerprint density at radius 2 is 1.64 bits per heavy atom. The summed E-state index contributed by atoms with van der Waals surface area (Å²) in [6.45, 7) is 1.30. The number of carbonyl (C=O) groups is 3. The van der Waals surface area contributed by atoms with Gasteiger partial charge < -0.3 is 15.1 Å². The molecule has 2 heterocycles. The Bertz CT molecular complexity index is 1170. The van der Waals surface area contributed by atoms with Crippen molar-refractivity contribution in [1.29, 1.82) is 0 Å². The average Bonchev–Trinajstić information content (AvgIpc) is 3.34. The van der Waals surface area contributed by atoms with Crippen LogP contribution < -0.4 is 5.32 Å². The maximum absolute atomic E-state index is 12.7. The van der Waals surface area contributed by atoms with Gasteiger partial charge in [0.15, 0.2) is 0 Å². The van der Waals surface area contributed by atoms with Crippen LogP contribution in [0.25, 0.3) is 11.3 Å². The standard InChI is InChI=1S/C23H21Cl2N5O3/c24-16-6-7-18(25)17(12-16)23(33)30-10-8-29(9-11-30)21(31)14-26-22(32)20-13-19(27-28-20)15-4-2-1-3-5-15/h1-7,12-13H,8-11,14H2,(H,26,32)(H,27,28). The Morgan fingerprint density at radius 3 is 2.36 bits per heavy atom. The smallest absolute Gasteiger partial charge is 0.269 e. The van der Waals surface area contributed by atoms with Gasteiger partial charge in [-0.15, -0.1) is 0 Å². The van der Waals surface area contributed by atoms with Crippen molar-refractivity contribution in [2.45, 2.75) is 0 Å². The van der Waals surface area contributed by atoms with Crippen molar-refractivity contribution < 1.29 is 14.4 Å². The van der Waals surface area contributed by atoms with Crippen molar-refractivity contribution >= 4 is 40.9 Å². The maximum atomic E-state index is 12.7. The van der Waals surface area contributed by atoms with Gasteiger partial charge in [-0.2, -0.15) is 5.10 Å². The Morgan fingerprint density at radius 1 is 0.939 bits per heavy atom. The van der Waals surface area contributed by atoms with Crippen molar-refractivity contribution in [3.05, 3.63) is 75.9 Å². The molecule has 3 amide bonds. The SMILES string of the molecule is O=C(NCC(=O)N1CCN(C(=O)c2cc(Cl)ccc2Cl)CC1)c1cc(-c2ccccc2)n[nH]1. The average molecular weight is 486 g/mol. The van der Waals surface area contributed by atoms with E-state index < -0.39 is 5.91 Å². The molecular formula is C23H21Cl2N5O3. The van der Waals surface area contributed by atoms with Crippen molar-refractivity contribution in [2.75, 3.05) is 32.7 Å². The quantitative estimate of drug-likeness (QED) is 0.579. The second-order valence-corrected chi connectivity index (χ2v) is 8.36. The first-order valence-electron chi connectivity index (χ1n) is 10.3. The molecule has 3 aromatic rings. The number of carbonyl (C=O) groups excluding carboxylic acids is 3. The highest BCUT2D eigenvalue weighted by Gasteiger charge is 2.26. The number of hydrogen-bond donors (Lipinski definition) is 2. The van der Waals surface area contributed by atoms with E-state index in [2.05, 4.69) is 15.5 Å². The maximum Gasteiger partial charge on any atom is 0.269 e. The third-order valence-corrected chi connectivity index (χ3v) is 5.94.